The topological polar surface area (TPSA) is 76.1 Å². The van der Waals surface area contributed by atoms with Crippen molar-refractivity contribution in [2.24, 2.45) is 5.73 Å². The Labute approximate surface area is 94.4 Å². The highest BCUT2D eigenvalue weighted by molar-refractivity contribution is 5.96. The lowest BCUT2D eigenvalue weighted by molar-refractivity contribution is -0.137. The summed E-state index contributed by atoms with van der Waals surface area (Å²) in [6.45, 7) is 0. The zero-order valence-electron chi connectivity index (χ0n) is 8.63. The Balaban J connectivity index is 3.59. The van der Waals surface area contributed by atoms with E-state index in [-0.39, 0.29) is 5.75 Å². The van der Waals surface area contributed by atoms with Crippen LogP contribution in [0, 0.1) is 11.3 Å². The van der Waals surface area contributed by atoms with E-state index in [0.29, 0.717) is 12.1 Å². The Bertz CT molecular complexity index is 503. The molecule has 1 aromatic carbocycles. The quantitative estimate of drug-likeness (QED) is 0.859. The lowest BCUT2D eigenvalue weighted by atomic mass is 10.0. The second-order valence-corrected chi connectivity index (χ2v) is 3.08. The summed E-state index contributed by atoms with van der Waals surface area (Å²) in [5.74, 6) is -1.35. The molecule has 0 saturated heterocycles. The van der Waals surface area contributed by atoms with Gasteiger partial charge in [0.25, 0.3) is 5.91 Å². The Hall–Kier alpha value is -2.23. The zero-order valence-corrected chi connectivity index (χ0v) is 8.63. The van der Waals surface area contributed by atoms with Gasteiger partial charge in [-0.15, -0.1) is 0 Å². The third-order valence-electron chi connectivity index (χ3n) is 2.01. The average molecular weight is 244 g/mol. The Morgan fingerprint density at radius 2 is 2.06 bits per heavy atom. The summed E-state index contributed by atoms with van der Waals surface area (Å²) >= 11 is 0. The number of hydrogen-bond donors (Lipinski definition) is 1. The molecule has 1 amide bonds. The summed E-state index contributed by atoms with van der Waals surface area (Å²) in [7, 11) is 1.13. The standard InChI is InChI=1S/C10H7F3N2O2/c1-17-8-5(4-14)2-6(10(11,12)13)3-7(8)9(15)16/h2-3H,1H3,(H2,15,16). The van der Waals surface area contributed by atoms with E-state index in [1.807, 2.05) is 0 Å². The number of nitrogens with two attached hydrogens (primary N) is 1. The molecule has 0 fully saturated rings. The highest BCUT2D eigenvalue weighted by Gasteiger charge is 2.33. The molecular weight excluding hydrogens is 237 g/mol. The van der Waals surface area contributed by atoms with E-state index in [1.165, 1.54) is 6.07 Å². The maximum Gasteiger partial charge on any atom is 0.416 e. The maximum atomic E-state index is 12.5. The van der Waals surface area contributed by atoms with Crippen LogP contribution in [0.5, 0.6) is 5.75 Å². The molecule has 7 heteroatoms. The van der Waals surface area contributed by atoms with Crippen molar-refractivity contribution in [3.63, 3.8) is 0 Å². The third-order valence-corrected chi connectivity index (χ3v) is 2.01. The summed E-state index contributed by atoms with van der Waals surface area (Å²) < 4.78 is 42.1. The molecule has 2 N–H and O–H groups in total. The van der Waals surface area contributed by atoms with E-state index in [9.17, 15) is 18.0 Å². The van der Waals surface area contributed by atoms with E-state index in [0.717, 1.165) is 7.11 Å². The van der Waals surface area contributed by atoms with Gasteiger partial charge in [-0.1, -0.05) is 0 Å². The smallest absolute Gasteiger partial charge is 0.416 e. The SMILES string of the molecule is COc1c(C#N)cc(C(F)(F)F)cc1C(N)=O. The molecule has 1 rings (SSSR count). The van der Waals surface area contributed by atoms with Gasteiger partial charge in [0.2, 0.25) is 0 Å². The van der Waals surface area contributed by atoms with Gasteiger partial charge in [-0.3, -0.25) is 4.79 Å². The van der Waals surface area contributed by atoms with Crippen molar-refractivity contribution >= 4 is 5.91 Å². The van der Waals surface area contributed by atoms with Gasteiger partial charge in [0.15, 0.2) is 0 Å². The number of methoxy groups -OCH3 is 1. The first-order chi connectivity index (χ1) is 7.81. The van der Waals surface area contributed by atoms with Crippen molar-refractivity contribution in [3.8, 4) is 11.8 Å². The number of hydrogen-bond acceptors (Lipinski definition) is 3. The second kappa shape index (κ2) is 4.33. The minimum atomic E-state index is -4.66. The number of benzene rings is 1. The predicted molar refractivity (Wildman–Crippen MR) is 51.2 cm³/mol. The van der Waals surface area contributed by atoms with Crippen molar-refractivity contribution in [1.29, 1.82) is 5.26 Å². The van der Waals surface area contributed by atoms with Crippen LogP contribution in [0.2, 0.25) is 0 Å². The molecule has 4 nitrogen and oxygen atoms in total. The number of alkyl halides is 3. The van der Waals surface area contributed by atoms with Crippen LogP contribution in [0.4, 0.5) is 13.2 Å². The molecule has 0 aliphatic carbocycles. The molecule has 0 aliphatic heterocycles. The summed E-state index contributed by atoms with van der Waals surface area (Å²) in [6, 6.07) is 2.68. The number of nitriles is 1. The molecule has 0 bridgehead atoms. The van der Waals surface area contributed by atoms with E-state index in [1.54, 1.807) is 0 Å². The van der Waals surface area contributed by atoms with Crippen LogP contribution in [-0.4, -0.2) is 13.0 Å². The van der Waals surface area contributed by atoms with E-state index >= 15 is 0 Å². The summed E-state index contributed by atoms with van der Waals surface area (Å²) in [4.78, 5) is 11.0. The summed E-state index contributed by atoms with van der Waals surface area (Å²) in [5.41, 5.74) is 2.94. The fourth-order valence-corrected chi connectivity index (χ4v) is 1.28. The zero-order chi connectivity index (χ0) is 13.2. The summed E-state index contributed by atoms with van der Waals surface area (Å²) in [5, 5.41) is 8.70. The van der Waals surface area contributed by atoms with Crippen LogP contribution in [0.25, 0.3) is 0 Å². The Morgan fingerprint density at radius 3 is 2.41 bits per heavy atom. The van der Waals surface area contributed by atoms with Gasteiger partial charge in [-0.05, 0) is 12.1 Å². The van der Waals surface area contributed by atoms with Crippen LogP contribution in [0.3, 0.4) is 0 Å². The van der Waals surface area contributed by atoms with E-state index in [4.69, 9.17) is 15.7 Å². The normalized spacial score (nSPS) is 10.8. The van der Waals surface area contributed by atoms with Gasteiger partial charge < -0.3 is 10.5 Å². The minimum absolute atomic E-state index is 0.256. The highest BCUT2D eigenvalue weighted by Crippen LogP contribution is 2.34. The Morgan fingerprint density at radius 1 is 1.47 bits per heavy atom. The lowest BCUT2D eigenvalue weighted by Gasteiger charge is -2.12. The number of primary amides is 1. The number of halogens is 3. The molecule has 0 atom stereocenters. The molecule has 0 aliphatic rings. The van der Waals surface area contributed by atoms with E-state index < -0.39 is 28.8 Å². The van der Waals surface area contributed by atoms with Gasteiger partial charge in [-0.25, -0.2) is 0 Å². The number of carbonyl (C=O) groups is 1. The van der Waals surface area contributed by atoms with Crippen molar-refractivity contribution in [3.05, 3.63) is 28.8 Å². The number of amides is 1. The van der Waals surface area contributed by atoms with Gasteiger partial charge in [0.1, 0.15) is 11.8 Å². The second-order valence-electron chi connectivity index (χ2n) is 3.08. The van der Waals surface area contributed by atoms with Crippen LogP contribution in [0.15, 0.2) is 12.1 Å². The first-order valence-electron chi connectivity index (χ1n) is 4.30. The van der Waals surface area contributed by atoms with Crippen LogP contribution < -0.4 is 10.5 Å². The molecule has 0 saturated carbocycles. The fraction of sp³-hybridized carbons (Fsp3) is 0.200. The van der Waals surface area contributed by atoms with Gasteiger partial charge in [0, 0.05) is 0 Å². The molecular formula is C10H7F3N2O2. The molecule has 0 spiro atoms. The van der Waals surface area contributed by atoms with Crippen LogP contribution >= 0.6 is 0 Å². The van der Waals surface area contributed by atoms with Crippen LogP contribution in [0.1, 0.15) is 21.5 Å². The third kappa shape index (κ3) is 2.47. The van der Waals surface area contributed by atoms with Crippen LogP contribution in [-0.2, 0) is 6.18 Å². The fourth-order valence-electron chi connectivity index (χ4n) is 1.28. The predicted octanol–water partition coefficient (Wildman–Crippen LogP) is 1.68. The van der Waals surface area contributed by atoms with Crippen molar-refractivity contribution in [1.82, 2.24) is 0 Å². The van der Waals surface area contributed by atoms with E-state index in [2.05, 4.69) is 0 Å². The monoisotopic (exact) mass is 244 g/mol. The number of rotatable bonds is 2. The first kappa shape index (κ1) is 12.8. The van der Waals surface area contributed by atoms with Gasteiger partial charge in [0.05, 0.1) is 23.8 Å². The number of nitrogens with zero attached hydrogens (tertiary/aromatic N) is 1. The highest BCUT2D eigenvalue weighted by atomic mass is 19.4. The number of ether oxygens (including phenoxy) is 1. The van der Waals surface area contributed by atoms with Gasteiger partial charge >= 0.3 is 6.18 Å². The van der Waals surface area contributed by atoms with Crippen molar-refractivity contribution < 1.29 is 22.7 Å². The molecule has 0 radical (unpaired) electrons. The molecule has 0 aromatic heterocycles. The Kier molecular flexibility index (Phi) is 3.27. The molecule has 17 heavy (non-hydrogen) atoms. The molecule has 1 aromatic rings. The molecule has 0 unspecified atom stereocenters. The number of carbonyl (C=O) groups excluding carboxylic acids is 1. The molecule has 90 valence electrons. The lowest BCUT2D eigenvalue weighted by Crippen LogP contribution is -2.16. The maximum absolute atomic E-state index is 12.5. The summed E-state index contributed by atoms with van der Waals surface area (Å²) in [6.07, 6.45) is -4.66. The van der Waals surface area contributed by atoms with Crippen molar-refractivity contribution in [2.75, 3.05) is 7.11 Å². The van der Waals surface area contributed by atoms with Crippen molar-refractivity contribution in [2.45, 2.75) is 6.18 Å². The average Bonchev–Trinajstić information content (AvgIpc) is 2.25. The minimum Gasteiger partial charge on any atom is -0.495 e. The van der Waals surface area contributed by atoms with Gasteiger partial charge in [-0.2, -0.15) is 18.4 Å². The largest absolute Gasteiger partial charge is 0.495 e. The molecule has 0 heterocycles. The first-order valence-corrected chi connectivity index (χ1v) is 4.30.